The van der Waals surface area contributed by atoms with Crippen molar-refractivity contribution in [3.05, 3.63) is 33.4 Å². The van der Waals surface area contributed by atoms with Crippen LogP contribution < -0.4 is 0 Å². The number of H-pyrrole nitrogens is 1. The highest BCUT2D eigenvalue weighted by Crippen LogP contribution is 2.33. The van der Waals surface area contributed by atoms with Crippen LogP contribution in [0.1, 0.15) is 62.6 Å². The fraction of sp³-hybridized carbons (Fsp3) is 0.556. The highest BCUT2D eigenvalue weighted by atomic mass is 35.5. The first-order chi connectivity index (χ1) is 10.3. The number of hydrogen-bond donors (Lipinski definition) is 1. The van der Waals surface area contributed by atoms with Crippen LogP contribution in [0.25, 0.3) is 10.9 Å². The summed E-state index contributed by atoms with van der Waals surface area (Å²) in [5.74, 6) is 0. The monoisotopic (exact) mass is 323 g/mol. The van der Waals surface area contributed by atoms with Gasteiger partial charge in [0.1, 0.15) is 0 Å². The van der Waals surface area contributed by atoms with E-state index in [4.69, 9.17) is 23.2 Å². The van der Waals surface area contributed by atoms with E-state index in [0.717, 1.165) is 28.4 Å². The number of aryl methyl sites for hydroxylation is 2. The summed E-state index contributed by atoms with van der Waals surface area (Å²) in [4.78, 5) is 3.57. The van der Waals surface area contributed by atoms with Crippen molar-refractivity contribution in [3.63, 3.8) is 0 Å². The Morgan fingerprint density at radius 2 is 1.38 bits per heavy atom. The Balaban J connectivity index is 1.96. The van der Waals surface area contributed by atoms with Crippen molar-refractivity contribution >= 4 is 34.1 Å². The molecule has 3 heteroatoms. The number of rotatable bonds is 0. The number of benzene rings is 1. The Morgan fingerprint density at radius 3 is 2.10 bits per heavy atom. The van der Waals surface area contributed by atoms with Crippen molar-refractivity contribution in [2.45, 2.75) is 64.2 Å². The lowest BCUT2D eigenvalue weighted by Crippen LogP contribution is -1.95. The van der Waals surface area contributed by atoms with E-state index in [9.17, 15) is 0 Å². The summed E-state index contributed by atoms with van der Waals surface area (Å²) in [6.07, 6.45) is 13.0. The van der Waals surface area contributed by atoms with Gasteiger partial charge in [-0.05, 0) is 43.4 Å². The van der Waals surface area contributed by atoms with Crippen molar-refractivity contribution in [2.24, 2.45) is 0 Å². The summed E-state index contributed by atoms with van der Waals surface area (Å²) in [5.41, 5.74) is 3.91. The second-order valence-corrected chi connectivity index (χ2v) is 7.06. The van der Waals surface area contributed by atoms with Gasteiger partial charge in [-0.2, -0.15) is 0 Å². The molecular formula is C18H23Cl2N. The van der Waals surface area contributed by atoms with Crippen LogP contribution >= 0.6 is 23.2 Å². The minimum atomic E-state index is 0.736. The van der Waals surface area contributed by atoms with Crippen molar-refractivity contribution < 1.29 is 0 Å². The molecule has 0 amide bonds. The third kappa shape index (κ3) is 3.57. The molecular weight excluding hydrogens is 301 g/mol. The number of halogens is 2. The van der Waals surface area contributed by atoms with Crippen molar-refractivity contribution in [3.8, 4) is 0 Å². The molecule has 1 N–H and O–H groups in total. The third-order valence-electron chi connectivity index (χ3n) is 4.62. The summed E-state index contributed by atoms with van der Waals surface area (Å²) in [5, 5.41) is 2.72. The molecule has 0 aliphatic heterocycles. The van der Waals surface area contributed by atoms with Crippen LogP contribution in [0.2, 0.25) is 10.0 Å². The summed E-state index contributed by atoms with van der Waals surface area (Å²) >= 11 is 12.6. The molecule has 1 aromatic carbocycles. The topological polar surface area (TPSA) is 15.8 Å². The van der Waals surface area contributed by atoms with E-state index in [0.29, 0.717) is 0 Å². The van der Waals surface area contributed by atoms with E-state index >= 15 is 0 Å². The smallest absolute Gasteiger partial charge is 0.0662 e. The van der Waals surface area contributed by atoms with Gasteiger partial charge in [0.05, 0.1) is 10.5 Å². The second-order valence-electron chi connectivity index (χ2n) is 6.22. The molecule has 0 fully saturated rings. The second kappa shape index (κ2) is 7.07. The first kappa shape index (κ1) is 15.2. The van der Waals surface area contributed by atoms with E-state index in [1.54, 1.807) is 0 Å². The van der Waals surface area contributed by atoms with Crippen LogP contribution in [-0.2, 0) is 12.8 Å². The first-order valence-electron chi connectivity index (χ1n) is 8.24. The predicted octanol–water partition coefficient (Wildman–Crippen LogP) is 6.69. The van der Waals surface area contributed by atoms with Crippen LogP contribution in [0.15, 0.2) is 12.1 Å². The number of aromatic nitrogens is 1. The summed E-state index contributed by atoms with van der Waals surface area (Å²) in [6.45, 7) is 0. The predicted molar refractivity (Wildman–Crippen MR) is 92.7 cm³/mol. The van der Waals surface area contributed by atoms with Crippen LogP contribution in [0.5, 0.6) is 0 Å². The quantitative estimate of drug-likeness (QED) is 0.555. The maximum Gasteiger partial charge on any atom is 0.0662 e. The zero-order valence-electron chi connectivity index (χ0n) is 12.5. The van der Waals surface area contributed by atoms with Gasteiger partial charge in [-0.1, -0.05) is 61.7 Å². The maximum absolute atomic E-state index is 6.36. The van der Waals surface area contributed by atoms with Crippen molar-refractivity contribution in [2.75, 3.05) is 0 Å². The standard InChI is InChI=1S/C18H23Cl2N/c19-13-11-15-14-9-7-5-3-1-2-4-6-8-10-17(14)21-18(15)16(20)12-13/h11-12,21H,1-10H2. The summed E-state index contributed by atoms with van der Waals surface area (Å²) in [7, 11) is 0. The molecule has 21 heavy (non-hydrogen) atoms. The summed E-state index contributed by atoms with van der Waals surface area (Å²) < 4.78 is 0. The number of nitrogens with one attached hydrogen (secondary N) is 1. The van der Waals surface area contributed by atoms with E-state index in [1.807, 2.05) is 6.07 Å². The number of aromatic amines is 1. The zero-order chi connectivity index (χ0) is 14.7. The molecule has 1 aromatic heterocycles. The van der Waals surface area contributed by atoms with Crippen molar-refractivity contribution in [1.29, 1.82) is 0 Å². The maximum atomic E-state index is 6.36. The molecule has 0 atom stereocenters. The molecule has 0 radical (unpaired) electrons. The zero-order valence-corrected chi connectivity index (χ0v) is 14.0. The minimum absolute atomic E-state index is 0.736. The molecule has 1 aliphatic carbocycles. The minimum Gasteiger partial charge on any atom is -0.357 e. The van der Waals surface area contributed by atoms with E-state index in [-0.39, 0.29) is 0 Å². The van der Waals surface area contributed by atoms with Crippen LogP contribution in [0, 0.1) is 0 Å². The van der Waals surface area contributed by atoms with E-state index in [2.05, 4.69) is 11.1 Å². The van der Waals surface area contributed by atoms with Gasteiger partial charge in [-0.3, -0.25) is 0 Å². The first-order valence-corrected chi connectivity index (χ1v) is 9.00. The largest absolute Gasteiger partial charge is 0.357 e. The molecule has 1 nitrogen and oxygen atoms in total. The molecule has 2 aromatic rings. The van der Waals surface area contributed by atoms with Gasteiger partial charge >= 0.3 is 0 Å². The van der Waals surface area contributed by atoms with Crippen LogP contribution in [-0.4, -0.2) is 4.98 Å². The highest BCUT2D eigenvalue weighted by molar-refractivity contribution is 6.38. The highest BCUT2D eigenvalue weighted by Gasteiger charge is 2.14. The molecule has 0 saturated heterocycles. The van der Waals surface area contributed by atoms with Crippen LogP contribution in [0.4, 0.5) is 0 Å². The number of hydrogen-bond acceptors (Lipinski definition) is 0. The normalized spacial score (nSPS) is 18.0. The molecule has 0 bridgehead atoms. The van der Waals surface area contributed by atoms with E-state index < -0.39 is 0 Å². The fourth-order valence-electron chi connectivity index (χ4n) is 3.49. The molecule has 0 unspecified atom stereocenters. The van der Waals surface area contributed by atoms with Gasteiger partial charge in [-0.15, -0.1) is 0 Å². The molecule has 1 aliphatic rings. The molecule has 0 saturated carbocycles. The van der Waals surface area contributed by atoms with E-state index in [1.165, 1.54) is 68.0 Å². The Hall–Kier alpha value is -0.660. The Morgan fingerprint density at radius 1 is 0.762 bits per heavy atom. The molecule has 3 rings (SSSR count). The van der Waals surface area contributed by atoms with Gasteiger partial charge in [0.2, 0.25) is 0 Å². The SMILES string of the molecule is Clc1cc(Cl)c2[nH]c3c(c2c1)CCCCCCCCCC3. The van der Waals surface area contributed by atoms with Gasteiger partial charge < -0.3 is 4.98 Å². The lowest BCUT2D eigenvalue weighted by atomic mass is 9.98. The summed E-state index contributed by atoms with van der Waals surface area (Å²) in [6, 6.07) is 3.91. The Labute approximate surface area is 137 Å². The number of fused-ring (bicyclic) bond motifs is 3. The van der Waals surface area contributed by atoms with Gasteiger partial charge in [0.25, 0.3) is 0 Å². The average molecular weight is 324 g/mol. The van der Waals surface area contributed by atoms with Crippen molar-refractivity contribution in [1.82, 2.24) is 4.98 Å². The Kier molecular flexibility index (Phi) is 5.13. The lowest BCUT2D eigenvalue weighted by molar-refractivity contribution is 0.559. The van der Waals surface area contributed by atoms with Gasteiger partial charge in [0, 0.05) is 16.1 Å². The lowest BCUT2D eigenvalue weighted by Gasteiger charge is -2.08. The van der Waals surface area contributed by atoms with Gasteiger partial charge in [0.15, 0.2) is 0 Å². The molecule has 114 valence electrons. The van der Waals surface area contributed by atoms with Crippen LogP contribution in [0.3, 0.4) is 0 Å². The fourth-order valence-corrected chi connectivity index (χ4v) is 4.03. The van der Waals surface area contributed by atoms with Gasteiger partial charge in [-0.25, -0.2) is 0 Å². The molecule has 1 heterocycles. The third-order valence-corrected chi connectivity index (χ3v) is 5.14. The Bertz CT molecular complexity index is 615. The average Bonchev–Trinajstić information content (AvgIpc) is 2.77. The molecule has 0 spiro atoms.